The molecule has 0 radical (unpaired) electrons. The van der Waals surface area contributed by atoms with E-state index in [0.29, 0.717) is 17.6 Å². The summed E-state index contributed by atoms with van der Waals surface area (Å²) in [5.74, 6) is 4.05. The number of hydrogen-bond acceptors (Lipinski definition) is 3. The van der Waals surface area contributed by atoms with E-state index in [1.165, 1.54) is 56.5 Å². The topological polar surface area (TPSA) is 26.3 Å². The van der Waals surface area contributed by atoms with Crippen LogP contribution in [0.15, 0.2) is 0 Å². The van der Waals surface area contributed by atoms with Gasteiger partial charge in [-0.25, -0.2) is 0 Å². The molecular weight excluding hydrogens is 268 g/mol. The minimum absolute atomic E-state index is 0.0826. The lowest BCUT2D eigenvalue weighted by Gasteiger charge is -2.43. The van der Waals surface area contributed by atoms with Crippen LogP contribution in [-0.4, -0.2) is 29.5 Å². The Morgan fingerprint density at radius 1 is 1.10 bits per heavy atom. The molecule has 1 saturated carbocycles. The molecule has 2 nitrogen and oxygen atoms in total. The Bertz CT molecular complexity index is 324. The highest BCUT2D eigenvalue weighted by Crippen LogP contribution is 2.41. The number of ether oxygens (including phenoxy) is 1. The lowest BCUT2D eigenvalue weighted by molar-refractivity contribution is -0.143. The number of thioether (sulfide) groups is 1. The minimum atomic E-state index is 0.0826. The Kier molecular flexibility index (Phi) is 5.09. The zero-order valence-electron chi connectivity index (χ0n) is 12.6. The molecule has 1 unspecified atom stereocenters. The number of Topliss-reactive ketones (excluding diaryl/α,β-unsaturated/α-hetero) is 1. The van der Waals surface area contributed by atoms with Gasteiger partial charge >= 0.3 is 0 Å². The highest BCUT2D eigenvalue weighted by molar-refractivity contribution is 7.99. The first-order valence-electron chi connectivity index (χ1n) is 8.52. The van der Waals surface area contributed by atoms with E-state index in [0.717, 1.165) is 25.9 Å². The van der Waals surface area contributed by atoms with E-state index >= 15 is 0 Å². The van der Waals surface area contributed by atoms with Crippen molar-refractivity contribution in [3.63, 3.8) is 0 Å². The van der Waals surface area contributed by atoms with Crippen molar-refractivity contribution in [1.82, 2.24) is 0 Å². The summed E-state index contributed by atoms with van der Waals surface area (Å²) in [4.78, 5) is 12.6. The van der Waals surface area contributed by atoms with E-state index in [4.69, 9.17) is 4.74 Å². The molecule has 0 amide bonds. The third-order valence-corrected chi connectivity index (χ3v) is 6.59. The van der Waals surface area contributed by atoms with Crippen molar-refractivity contribution >= 4 is 17.5 Å². The van der Waals surface area contributed by atoms with Gasteiger partial charge in [0, 0.05) is 18.9 Å². The first kappa shape index (κ1) is 14.9. The summed E-state index contributed by atoms with van der Waals surface area (Å²) in [5.41, 5.74) is 0.0826. The first-order chi connectivity index (χ1) is 9.77. The van der Waals surface area contributed by atoms with Crippen molar-refractivity contribution in [1.29, 1.82) is 0 Å². The molecule has 2 aliphatic heterocycles. The first-order valence-corrected chi connectivity index (χ1v) is 9.67. The van der Waals surface area contributed by atoms with Gasteiger partial charge in [-0.3, -0.25) is 4.79 Å². The van der Waals surface area contributed by atoms with E-state index in [-0.39, 0.29) is 5.60 Å². The van der Waals surface area contributed by atoms with Crippen LogP contribution in [0.2, 0.25) is 0 Å². The van der Waals surface area contributed by atoms with Crippen LogP contribution in [0.25, 0.3) is 0 Å². The summed E-state index contributed by atoms with van der Waals surface area (Å²) >= 11 is 2.05. The van der Waals surface area contributed by atoms with Gasteiger partial charge in [0.25, 0.3) is 0 Å². The SMILES string of the molecule is O=C(CC1CCSCC1)C1CCOC2(CCCCC2)C1. The van der Waals surface area contributed by atoms with Crippen LogP contribution < -0.4 is 0 Å². The molecule has 0 bridgehead atoms. The van der Waals surface area contributed by atoms with E-state index in [2.05, 4.69) is 0 Å². The molecule has 3 rings (SSSR count). The molecule has 3 aliphatic rings. The maximum absolute atomic E-state index is 12.6. The molecule has 0 aromatic rings. The Balaban J connectivity index is 1.54. The number of carbonyl (C=O) groups excluding carboxylic acids is 1. The summed E-state index contributed by atoms with van der Waals surface area (Å²) in [6, 6.07) is 0. The highest BCUT2D eigenvalue weighted by Gasteiger charge is 2.40. The summed E-state index contributed by atoms with van der Waals surface area (Å²) in [7, 11) is 0. The second-order valence-corrected chi connectivity index (χ2v) is 8.23. The van der Waals surface area contributed by atoms with Gasteiger partial charge in [0.1, 0.15) is 5.78 Å². The maximum atomic E-state index is 12.6. The van der Waals surface area contributed by atoms with Crippen LogP contribution in [0.3, 0.4) is 0 Å². The van der Waals surface area contributed by atoms with Gasteiger partial charge in [-0.2, -0.15) is 11.8 Å². The Morgan fingerprint density at radius 3 is 2.60 bits per heavy atom. The normalized spacial score (nSPS) is 31.3. The van der Waals surface area contributed by atoms with Crippen LogP contribution in [0.4, 0.5) is 0 Å². The lowest BCUT2D eigenvalue weighted by atomic mass is 9.74. The van der Waals surface area contributed by atoms with Crippen LogP contribution in [0.1, 0.15) is 64.2 Å². The lowest BCUT2D eigenvalue weighted by Crippen LogP contribution is -2.43. The molecule has 1 spiro atoms. The second kappa shape index (κ2) is 6.83. The molecule has 0 N–H and O–H groups in total. The van der Waals surface area contributed by atoms with Crippen molar-refractivity contribution in [3.8, 4) is 0 Å². The average Bonchev–Trinajstić information content (AvgIpc) is 2.49. The molecule has 0 aromatic heterocycles. The Labute approximate surface area is 127 Å². The smallest absolute Gasteiger partial charge is 0.136 e. The van der Waals surface area contributed by atoms with Crippen LogP contribution in [0, 0.1) is 11.8 Å². The number of hydrogen-bond donors (Lipinski definition) is 0. The van der Waals surface area contributed by atoms with Crippen LogP contribution in [0.5, 0.6) is 0 Å². The molecule has 2 heterocycles. The molecule has 0 aromatic carbocycles. The Morgan fingerprint density at radius 2 is 1.85 bits per heavy atom. The molecule has 1 aliphatic carbocycles. The summed E-state index contributed by atoms with van der Waals surface area (Å²) in [6.45, 7) is 0.816. The van der Waals surface area contributed by atoms with Gasteiger partial charge < -0.3 is 4.74 Å². The number of carbonyl (C=O) groups is 1. The standard InChI is InChI=1S/C17H28O2S/c18-16(12-14-5-10-20-11-6-14)15-4-9-19-17(13-15)7-2-1-3-8-17/h14-15H,1-13H2. The fourth-order valence-corrected chi connectivity index (χ4v) is 5.45. The van der Waals surface area contributed by atoms with E-state index in [1.54, 1.807) is 0 Å². The van der Waals surface area contributed by atoms with Gasteiger partial charge in [-0.1, -0.05) is 19.3 Å². The monoisotopic (exact) mass is 296 g/mol. The molecule has 2 saturated heterocycles. The second-order valence-electron chi connectivity index (χ2n) is 7.01. The van der Waals surface area contributed by atoms with Crippen LogP contribution in [-0.2, 0) is 9.53 Å². The van der Waals surface area contributed by atoms with Gasteiger partial charge in [-0.05, 0) is 55.9 Å². The molecule has 1 atom stereocenters. The fraction of sp³-hybridized carbons (Fsp3) is 0.941. The van der Waals surface area contributed by atoms with E-state index in [1.807, 2.05) is 11.8 Å². The molecule has 3 heteroatoms. The van der Waals surface area contributed by atoms with Gasteiger partial charge in [0.15, 0.2) is 0 Å². The number of ketones is 1. The van der Waals surface area contributed by atoms with Gasteiger partial charge in [0.05, 0.1) is 5.60 Å². The minimum Gasteiger partial charge on any atom is -0.375 e. The van der Waals surface area contributed by atoms with Crippen molar-refractivity contribution in [3.05, 3.63) is 0 Å². The third-order valence-electron chi connectivity index (χ3n) is 5.54. The fourth-order valence-electron chi connectivity index (χ4n) is 4.25. The zero-order valence-corrected chi connectivity index (χ0v) is 13.4. The predicted octanol–water partition coefficient (Wildman–Crippen LogP) is 4.22. The highest BCUT2D eigenvalue weighted by atomic mass is 32.2. The van der Waals surface area contributed by atoms with Gasteiger partial charge in [0.2, 0.25) is 0 Å². The number of rotatable bonds is 3. The predicted molar refractivity (Wildman–Crippen MR) is 84.2 cm³/mol. The van der Waals surface area contributed by atoms with E-state index < -0.39 is 0 Å². The molecule has 114 valence electrons. The van der Waals surface area contributed by atoms with Crippen molar-refractivity contribution in [2.24, 2.45) is 11.8 Å². The third kappa shape index (κ3) is 3.59. The van der Waals surface area contributed by atoms with Crippen molar-refractivity contribution in [2.45, 2.75) is 69.8 Å². The zero-order chi connectivity index (χ0) is 13.8. The van der Waals surface area contributed by atoms with Gasteiger partial charge in [-0.15, -0.1) is 0 Å². The van der Waals surface area contributed by atoms with Crippen molar-refractivity contribution in [2.75, 3.05) is 18.1 Å². The summed E-state index contributed by atoms with van der Waals surface area (Å²) in [6.07, 6.45) is 11.7. The van der Waals surface area contributed by atoms with Crippen molar-refractivity contribution < 1.29 is 9.53 Å². The summed E-state index contributed by atoms with van der Waals surface area (Å²) < 4.78 is 6.12. The quantitative estimate of drug-likeness (QED) is 0.780. The molecule has 20 heavy (non-hydrogen) atoms. The summed E-state index contributed by atoms with van der Waals surface area (Å²) in [5, 5.41) is 0. The molecular formula is C17H28O2S. The average molecular weight is 296 g/mol. The Hall–Kier alpha value is -0.0200. The van der Waals surface area contributed by atoms with Crippen LogP contribution >= 0.6 is 11.8 Å². The molecule has 3 fully saturated rings. The largest absolute Gasteiger partial charge is 0.375 e. The maximum Gasteiger partial charge on any atom is 0.136 e. The van der Waals surface area contributed by atoms with E-state index in [9.17, 15) is 4.79 Å².